The molecule has 3 aromatic rings. The standard InChI is InChI=1S/C19H21N5O4S/c1-11-8-17(24-28-11)21-19(26)12(2)29-10-18(25)20-16-9-14(22-23-16)13-6-4-5-7-15(13)27-3/h4-9,12H,10H2,1-3H3,(H,21,24,26)(H2,20,22,23,25). The first-order chi connectivity index (χ1) is 14.0. The molecule has 10 heteroatoms. The molecule has 0 spiro atoms. The van der Waals surface area contributed by atoms with E-state index in [-0.39, 0.29) is 17.6 Å². The normalized spacial score (nSPS) is 11.7. The van der Waals surface area contributed by atoms with Gasteiger partial charge in [0.15, 0.2) is 11.6 Å². The summed E-state index contributed by atoms with van der Waals surface area (Å²) in [6.45, 7) is 3.45. The monoisotopic (exact) mass is 415 g/mol. The van der Waals surface area contributed by atoms with Crippen LogP contribution in [0.3, 0.4) is 0 Å². The van der Waals surface area contributed by atoms with Crippen molar-refractivity contribution in [1.82, 2.24) is 15.4 Å². The van der Waals surface area contributed by atoms with Gasteiger partial charge in [0.2, 0.25) is 11.8 Å². The second-order valence-electron chi connectivity index (χ2n) is 6.18. The van der Waals surface area contributed by atoms with Crippen LogP contribution in [0.25, 0.3) is 11.3 Å². The lowest BCUT2D eigenvalue weighted by Gasteiger charge is -2.09. The number of benzene rings is 1. The van der Waals surface area contributed by atoms with Crippen LogP contribution in [0.5, 0.6) is 5.75 Å². The second kappa shape index (κ2) is 9.28. The van der Waals surface area contributed by atoms with E-state index >= 15 is 0 Å². The number of aromatic nitrogens is 3. The van der Waals surface area contributed by atoms with Crippen molar-refractivity contribution in [2.45, 2.75) is 19.1 Å². The van der Waals surface area contributed by atoms with Crippen molar-refractivity contribution >= 4 is 35.2 Å². The molecule has 1 unspecified atom stereocenters. The molecule has 0 saturated heterocycles. The summed E-state index contributed by atoms with van der Waals surface area (Å²) < 4.78 is 10.2. The first-order valence-electron chi connectivity index (χ1n) is 8.80. The predicted molar refractivity (Wildman–Crippen MR) is 111 cm³/mol. The van der Waals surface area contributed by atoms with Crippen LogP contribution < -0.4 is 15.4 Å². The van der Waals surface area contributed by atoms with E-state index in [1.165, 1.54) is 11.8 Å². The minimum absolute atomic E-state index is 0.100. The Morgan fingerprint density at radius 2 is 2.03 bits per heavy atom. The number of para-hydroxylation sites is 1. The van der Waals surface area contributed by atoms with Gasteiger partial charge in [0.25, 0.3) is 0 Å². The van der Waals surface area contributed by atoms with E-state index in [4.69, 9.17) is 9.26 Å². The van der Waals surface area contributed by atoms with Gasteiger partial charge in [-0.1, -0.05) is 17.3 Å². The van der Waals surface area contributed by atoms with Crippen LogP contribution in [0.15, 0.2) is 40.9 Å². The lowest BCUT2D eigenvalue weighted by molar-refractivity contribution is -0.115. The SMILES string of the molecule is COc1ccccc1-c1cc(NC(=O)CSC(C)C(=O)Nc2cc(C)on2)n[nH]1. The number of carbonyl (C=O) groups excluding carboxylic acids is 2. The first-order valence-corrected chi connectivity index (χ1v) is 9.85. The van der Waals surface area contributed by atoms with E-state index in [1.54, 1.807) is 33.1 Å². The molecule has 0 fully saturated rings. The van der Waals surface area contributed by atoms with Gasteiger partial charge in [-0.2, -0.15) is 5.10 Å². The fraction of sp³-hybridized carbons (Fsp3) is 0.263. The van der Waals surface area contributed by atoms with Gasteiger partial charge in [-0.25, -0.2) is 0 Å². The molecule has 2 amide bonds. The summed E-state index contributed by atoms with van der Waals surface area (Å²) >= 11 is 1.21. The van der Waals surface area contributed by atoms with Gasteiger partial charge in [0, 0.05) is 17.7 Å². The molecule has 0 aliphatic heterocycles. The number of thioether (sulfide) groups is 1. The summed E-state index contributed by atoms with van der Waals surface area (Å²) in [5.41, 5.74) is 1.56. The largest absolute Gasteiger partial charge is 0.496 e. The van der Waals surface area contributed by atoms with Crippen molar-refractivity contribution in [3.8, 4) is 17.0 Å². The van der Waals surface area contributed by atoms with Crippen LogP contribution in [-0.2, 0) is 9.59 Å². The molecular weight excluding hydrogens is 394 g/mol. The number of methoxy groups -OCH3 is 1. The zero-order valence-corrected chi connectivity index (χ0v) is 17.0. The van der Waals surface area contributed by atoms with Crippen LogP contribution in [0.4, 0.5) is 11.6 Å². The van der Waals surface area contributed by atoms with Crippen molar-refractivity contribution in [2.24, 2.45) is 0 Å². The number of ether oxygens (including phenoxy) is 1. The molecule has 2 aromatic heterocycles. The van der Waals surface area contributed by atoms with Gasteiger partial charge < -0.3 is 19.9 Å². The summed E-state index contributed by atoms with van der Waals surface area (Å²) in [6.07, 6.45) is 0. The average Bonchev–Trinajstić information content (AvgIpc) is 3.34. The molecule has 152 valence electrons. The average molecular weight is 415 g/mol. The lowest BCUT2D eigenvalue weighted by atomic mass is 10.1. The molecule has 3 N–H and O–H groups in total. The van der Waals surface area contributed by atoms with Crippen molar-refractivity contribution in [1.29, 1.82) is 0 Å². The summed E-state index contributed by atoms with van der Waals surface area (Å²) in [5.74, 6) is 1.64. The summed E-state index contributed by atoms with van der Waals surface area (Å²) in [6, 6.07) is 10.9. The number of hydrogen-bond donors (Lipinski definition) is 3. The van der Waals surface area contributed by atoms with E-state index in [0.717, 1.165) is 11.3 Å². The number of aromatic amines is 1. The van der Waals surface area contributed by atoms with Crippen molar-refractivity contribution in [2.75, 3.05) is 23.5 Å². The van der Waals surface area contributed by atoms with E-state index < -0.39 is 5.25 Å². The highest BCUT2D eigenvalue weighted by atomic mass is 32.2. The van der Waals surface area contributed by atoms with Crippen LogP contribution in [-0.4, -0.2) is 45.3 Å². The molecule has 1 aromatic carbocycles. The predicted octanol–water partition coefficient (Wildman–Crippen LogP) is 3.08. The highest BCUT2D eigenvalue weighted by Gasteiger charge is 2.17. The molecular formula is C19H21N5O4S. The smallest absolute Gasteiger partial charge is 0.238 e. The summed E-state index contributed by atoms with van der Waals surface area (Å²) in [5, 5.41) is 15.6. The molecule has 0 aliphatic rings. The fourth-order valence-electron chi connectivity index (χ4n) is 2.50. The Balaban J connectivity index is 1.51. The minimum Gasteiger partial charge on any atom is -0.496 e. The lowest BCUT2D eigenvalue weighted by Crippen LogP contribution is -2.25. The van der Waals surface area contributed by atoms with Gasteiger partial charge in [-0.3, -0.25) is 14.7 Å². The van der Waals surface area contributed by atoms with E-state index in [1.807, 2.05) is 24.3 Å². The maximum atomic E-state index is 12.2. The maximum Gasteiger partial charge on any atom is 0.238 e. The number of anilines is 2. The Kier molecular flexibility index (Phi) is 6.55. The Morgan fingerprint density at radius 1 is 1.24 bits per heavy atom. The molecule has 3 rings (SSSR count). The molecule has 0 radical (unpaired) electrons. The highest BCUT2D eigenvalue weighted by molar-refractivity contribution is 8.01. The number of H-pyrrole nitrogens is 1. The molecule has 2 heterocycles. The second-order valence-corrected chi connectivity index (χ2v) is 7.51. The third kappa shape index (κ3) is 5.38. The molecule has 29 heavy (non-hydrogen) atoms. The van der Waals surface area contributed by atoms with Gasteiger partial charge >= 0.3 is 0 Å². The summed E-state index contributed by atoms with van der Waals surface area (Å²) in [7, 11) is 1.59. The van der Waals surface area contributed by atoms with E-state index in [0.29, 0.717) is 23.1 Å². The highest BCUT2D eigenvalue weighted by Crippen LogP contribution is 2.29. The number of hydrogen-bond acceptors (Lipinski definition) is 7. The Morgan fingerprint density at radius 3 is 2.76 bits per heavy atom. The number of nitrogens with one attached hydrogen (secondary N) is 3. The molecule has 0 saturated carbocycles. The first kappa shape index (κ1) is 20.5. The molecule has 0 aliphatic carbocycles. The number of rotatable bonds is 8. The number of amides is 2. The maximum absolute atomic E-state index is 12.2. The van der Waals surface area contributed by atoms with Crippen LogP contribution in [0.2, 0.25) is 0 Å². The third-order valence-electron chi connectivity index (χ3n) is 3.96. The number of aryl methyl sites for hydroxylation is 1. The molecule has 0 bridgehead atoms. The molecule has 1 atom stereocenters. The van der Waals surface area contributed by atoms with Gasteiger partial charge in [-0.05, 0) is 26.0 Å². The van der Waals surface area contributed by atoms with Crippen molar-refractivity contribution in [3.05, 3.63) is 42.2 Å². The van der Waals surface area contributed by atoms with E-state index in [9.17, 15) is 9.59 Å². The number of nitrogens with zero attached hydrogens (tertiary/aromatic N) is 2. The quantitative estimate of drug-likeness (QED) is 0.517. The van der Waals surface area contributed by atoms with Gasteiger partial charge in [-0.15, -0.1) is 11.8 Å². The fourth-order valence-corrected chi connectivity index (χ4v) is 3.18. The molecule has 9 nitrogen and oxygen atoms in total. The Hall–Kier alpha value is -3.27. The van der Waals surface area contributed by atoms with Gasteiger partial charge in [0.05, 0.1) is 23.8 Å². The van der Waals surface area contributed by atoms with Crippen LogP contribution in [0.1, 0.15) is 12.7 Å². The zero-order valence-electron chi connectivity index (χ0n) is 16.2. The minimum atomic E-state index is -0.443. The Labute approximate surface area is 171 Å². The number of carbonyl (C=O) groups is 2. The van der Waals surface area contributed by atoms with Crippen LogP contribution in [0, 0.1) is 6.92 Å². The Bertz CT molecular complexity index is 1000. The van der Waals surface area contributed by atoms with Gasteiger partial charge in [0.1, 0.15) is 11.5 Å². The van der Waals surface area contributed by atoms with Crippen molar-refractivity contribution in [3.63, 3.8) is 0 Å². The zero-order chi connectivity index (χ0) is 20.8. The van der Waals surface area contributed by atoms with Crippen LogP contribution >= 0.6 is 11.8 Å². The van der Waals surface area contributed by atoms with E-state index in [2.05, 4.69) is 26.0 Å². The third-order valence-corrected chi connectivity index (χ3v) is 5.10. The topological polar surface area (TPSA) is 122 Å². The van der Waals surface area contributed by atoms with Crippen molar-refractivity contribution < 1.29 is 18.8 Å². The summed E-state index contributed by atoms with van der Waals surface area (Å²) in [4.78, 5) is 24.3.